The predicted molar refractivity (Wildman–Crippen MR) is 91.6 cm³/mol. The number of nitrogens with one attached hydrogen (secondary N) is 1. The quantitative estimate of drug-likeness (QED) is 0.771. The van der Waals surface area contributed by atoms with Crippen LogP contribution < -0.4 is 10.1 Å². The zero-order valence-corrected chi connectivity index (χ0v) is 13.6. The Kier molecular flexibility index (Phi) is 5.71. The first-order valence-electron chi connectivity index (χ1n) is 6.91. The molecule has 0 aromatic heterocycles. The van der Waals surface area contributed by atoms with Gasteiger partial charge in [-0.15, -0.1) is 6.42 Å². The van der Waals surface area contributed by atoms with Gasteiger partial charge in [0.2, 0.25) is 0 Å². The summed E-state index contributed by atoms with van der Waals surface area (Å²) in [6.45, 7) is 3.21. The predicted octanol–water partition coefficient (Wildman–Crippen LogP) is 4.64. The molecule has 2 aromatic rings. The number of terminal acetylenes is 1. The van der Waals surface area contributed by atoms with Gasteiger partial charge < -0.3 is 10.1 Å². The van der Waals surface area contributed by atoms with Crippen LogP contribution in [0, 0.1) is 12.3 Å². The molecule has 0 saturated carbocycles. The monoisotopic (exact) mass is 343 g/mol. The Morgan fingerprint density at radius 3 is 2.76 bits per heavy atom. The highest BCUT2D eigenvalue weighted by molar-refractivity contribution is 9.10. The van der Waals surface area contributed by atoms with Crippen molar-refractivity contribution in [1.82, 2.24) is 0 Å². The van der Waals surface area contributed by atoms with Gasteiger partial charge in [-0.3, -0.25) is 0 Å². The first-order chi connectivity index (χ1) is 10.2. The summed E-state index contributed by atoms with van der Waals surface area (Å²) < 4.78 is 6.35. The fourth-order valence-corrected chi connectivity index (χ4v) is 2.63. The van der Waals surface area contributed by atoms with Crippen molar-refractivity contribution in [3.05, 3.63) is 58.1 Å². The van der Waals surface area contributed by atoms with E-state index in [0.717, 1.165) is 23.2 Å². The number of hydrogen-bond donors (Lipinski definition) is 1. The Morgan fingerprint density at radius 1 is 1.24 bits per heavy atom. The molecule has 0 fully saturated rings. The van der Waals surface area contributed by atoms with Gasteiger partial charge in [0.1, 0.15) is 12.4 Å². The minimum absolute atomic E-state index is 0.278. The first kappa shape index (κ1) is 15.5. The van der Waals surface area contributed by atoms with Crippen LogP contribution in [-0.2, 0) is 13.0 Å². The lowest BCUT2D eigenvalue weighted by Gasteiger charge is -2.12. The summed E-state index contributed by atoms with van der Waals surface area (Å²) >= 11 is 3.51. The summed E-state index contributed by atoms with van der Waals surface area (Å²) in [5, 5.41) is 3.48. The zero-order chi connectivity index (χ0) is 15.1. The topological polar surface area (TPSA) is 21.3 Å². The Bertz CT molecular complexity index is 646. The highest BCUT2D eigenvalue weighted by atomic mass is 79.9. The molecule has 2 nitrogen and oxygen atoms in total. The van der Waals surface area contributed by atoms with Crippen LogP contribution in [0.3, 0.4) is 0 Å². The molecular formula is C18H18BrNO. The van der Waals surface area contributed by atoms with Crippen molar-refractivity contribution in [3.8, 4) is 18.1 Å². The average molecular weight is 344 g/mol. The molecule has 2 aromatic carbocycles. The summed E-state index contributed by atoms with van der Waals surface area (Å²) in [7, 11) is 0. The van der Waals surface area contributed by atoms with E-state index in [4.69, 9.17) is 11.2 Å². The molecule has 0 radical (unpaired) electrons. The van der Waals surface area contributed by atoms with Gasteiger partial charge in [-0.05, 0) is 51.7 Å². The van der Waals surface area contributed by atoms with Crippen LogP contribution in [0.5, 0.6) is 5.75 Å². The smallest absolute Gasteiger partial charge is 0.148 e. The molecule has 0 unspecified atom stereocenters. The van der Waals surface area contributed by atoms with Crippen molar-refractivity contribution in [2.75, 3.05) is 11.9 Å². The normalized spacial score (nSPS) is 9.95. The highest BCUT2D eigenvalue weighted by Crippen LogP contribution is 2.26. The fraction of sp³-hybridized carbons (Fsp3) is 0.222. The van der Waals surface area contributed by atoms with Crippen LogP contribution in [0.15, 0.2) is 46.9 Å². The van der Waals surface area contributed by atoms with E-state index in [0.29, 0.717) is 0 Å². The van der Waals surface area contributed by atoms with Crippen molar-refractivity contribution >= 4 is 21.6 Å². The molecule has 21 heavy (non-hydrogen) atoms. The minimum atomic E-state index is 0.278. The number of benzene rings is 2. The van der Waals surface area contributed by atoms with Crippen molar-refractivity contribution in [2.24, 2.45) is 0 Å². The third-order valence-electron chi connectivity index (χ3n) is 3.19. The minimum Gasteiger partial charge on any atom is -0.480 e. The van der Waals surface area contributed by atoms with Crippen LogP contribution >= 0.6 is 15.9 Å². The number of ether oxygens (including phenoxy) is 1. The summed E-state index contributed by atoms with van der Waals surface area (Å²) in [6.07, 6.45) is 6.22. The van der Waals surface area contributed by atoms with Gasteiger partial charge in [0.15, 0.2) is 0 Å². The van der Waals surface area contributed by atoms with Crippen molar-refractivity contribution in [2.45, 2.75) is 19.9 Å². The molecule has 0 heterocycles. The molecule has 2 rings (SSSR count). The molecule has 0 aliphatic carbocycles. The van der Waals surface area contributed by atoms with Crippen molar-refractivity contribution in [3.63, 3.8) is 0 Å². The number of aryl methyl sites for hydroxylation is 1. The Labute approximate surface area is 134 Å². The van der Waals surface area contributed by atoms with E-state index in [9.17, 15) is 0 Å². The maximum atomic E-state index is 5.44. The van der Waals surface area contributed by atoms with Gasteiger partial charge in [0.05, 0.1) is 4.47 Å². The van der Waals surface area contributed by atoms with Gasteiger partial charge in [-0.1, -0.05) is 37.1 Å². The summed E-state index contributed by atoms with van der Waals surface area (Å²) in [5.41, 5.74) is 3.69. The number of rotatable bonds is 6. The molecular weight excluding hydrogens is 326 g/mol. The van der Waals surface area contributed by atoms with Crippen LogP contribution in [0.4, 0.5) is 5.69 Å². The molecule has 3 heteroatoms. The second-order valence-electron chi connectivity index (χ2n) is 4.62. The Balaban J connectivity index is 2.04. The van der Waals surface area contributed by atoms with E-state index in [1.165, 1.54) is 16.8 Å². The van der Waals surface area contributed by atoms with E-state index in [2.05, 4.69) is 52.3 Å². The molecule has 0 bridgehead atoms. The molecule has 108 valence electrons. The highest BCUT2D eigenvalue weighted by Gasteiger charge is 2.04. The molecule has 0 amide bonds. The lowest BCUT2D eigenvalue weighted by Crippen LogP contribution is -2.02. The number of para-hydroxylation sites is 1. The van der Waals surface area contributed by atoms with E-state index in [1.807, 2.05) is 24.3 Å². The Hall–Kier alpha value is -1.92. The lowest BCUT2D eigenvalue weighted by atomic mass is 10.1. The maximum absolute atomic E-state index is 5.44. The molecule has 0 aliphatic rings. The largest absolute Gasteiger partial charge is 0.480 e. The lowest BCUT2D eigenvalue weighted by molar-refractivity contribution is 0.368. The van der Waals surface area contributed by atoms with Crippen molar-refractivity contribution < 1.29 is 4.74 Å². The van der Waals surface area contributed by atoms with E-state index in [1.54, 1.807) is 0 Å². The summed E-state index contributed by atoms with van der Waals surface area (Å²) in [5.74, 6) is 3.23. The third kappa shape index (κ3) is 4.27. The number of hydrogen-bond acceptors (Lipinski definition) is 2. The van der Waals surface area contributed by atoms with E-state index in [-0.39, 0.29) is 6.61 Å². The van der Waals surface area contributed by atoms with Gasteiger partial charge in [0, 0.05) is 12.2 Å². The molecule has 0 saturated heterocycles. The zero-order valence-electron chi connectivity index (χ0n) is 12.0. The Morgan fingerprint density at radius 2 is 2.05 bits per heavy atom. The van der Waals surface area contributed by atoms with Gasteiger partial charge >= 0.3 is 0 Å². The van der Waals surface area contributed by atoms with E-state index < -0.39 is 0 Å². The van der Waals surface area contributed by atoms with Crippen LogP contribution in [0.1, 0.15) is 18.1 Å². The first-order valence-corrected chi connectivity index (χ1v) is 7.70. The summed E-state index contributed by atoms with van der Waals surface area (Å²) in [6, 6.07) is 14.4. The van der Waals surface area contributed by atoms with Crippen LogP contribution in [0.25, 0.3) is 0 Å². The molecule has 0 atom stereocenters. The number of anilines is 1. The van der Waals surface area contributed by atoms with Crippen LogP contribution in [0.2, 0.25) is 0 Å². The maximum Gasteiger partial charge on any atom is 0.148 e. The molecule has 1 N–H and O–H groups in total. The van der Waals surface area contributed by atoms with Crippen LogP contribution in [-0.4, -0.2) is 6.61 Å². The number of halogens is 1. The molecule has 0 aliphatic heterocycles. The second kappa shape index (κ2) is 7.75. The van der Waals surface area contributed by atoms with E-state index >= 15 is 0 Å². The van der Waals surface area contributed by atoms with Crippen molar-refractivity contribution in [1.29, 1.82) is 0 Å². The average Bonchev–Trinajstić information content (AvgIpc) is 2.52. The third-order valence-corrected chi connectivity index (χ3v) is 3.81. The SMILES string of the molecule is C#CCOc1ccc(CNc2ccccc2CC)cc1Br. The summed E-state index contributed by atoms with van der Waals surface area (Å²) in [4.78, 5) is 0. The fourth-order valence-electron chi connectivity index (χ4n) is 2.09. The second-order valence-corrected chi connectivity index (χ2v) is 5.48. The standard InChI is InChI=1S/C18H18BrNO/c1-3-11-21-18-10-9-14(12-16(18)19)13-20-17-8-6-5-7-15(17)4-2/h1,5-10,12,20H,4,11,13H2,2H3. The van der Waals surface area contributed by atoms with Gasteiger partial charge in [-0.25, -0.2) is 0 Å². The molecule has 0 spiro atoms. The van der Waals surface area contributed by atoms with Gasteiger partial charge in [0.25, 0.3) is 0 Å². The van der Waals surface area contributed by atoms with Gasteiger partial charge in [-0.2, -0.15) is 0 Å².